The molecule has 1 aromatic heterocycles. The number of nitrogens with one attached hydrogen (secondary N) is 1. The highest BCUT2D eigenvalue weighted by atomic mass is 16.5. The van der Waals surface area contributed by atoms with Gasteiger partial charge in [-0.1, -0.05) is 56.3 Å². The van der Waals surface area contributed by atoms with Crippen molar-refractivity contribution in [2.75, 3.05) is 19.0 Å². The van der Waals surface area contributed by atoms with Crippen molar-refractivity contribution in [1.82, 2.24) is 9.66 Å². The maximum atomic E-state index is 13.7. The molecule has 8 heteroatoms. The number of para-hydroxylation sites is 2. The first kappa shape index (κ1) is 29.3. The summed E-state index contributed by atoms with van der Waals surface area (Å²) in [5.74, 6) is 1.66. The summed E-state index contributed by atoms with van der Waals surface area (Å²) >= 11 is 0. The number of benzene rings is 4. The van der Waals surface area contributed by atoms with Gasteiger partial charge in [-0.2, -0.15) is 9.78 Å². The molecule has 0 unspecified atom stereocenters. The van der Waals surface area contributed by atoms with E-state index < -0.39 is 0 Å². The van der Waals surface area contributed by atoms with Crippen LogP contribution in [0.15, 0.2) is 94.8 Å². The Bertz CT molecular complexity index is 1890. The van der Waals surface area contributed by atoms with Gasteiger partial charge in [0.05, 0.1) is 24.2 Å². The third-order valence-corrected chi connectivity index (χ3v) is 7.16. The second kappa shape index (κ2) is 12.7. The molecule has 0 radical (unpaired) electrons. The van der Waals surface area contributed by atoms with Crippen LogP contribution in [0.25, 0.3) is 22.3 Å². The van der Waals surface area contributed by atoms with Crippen LogP contribution >= 0.6 is 0 Å². The highest BCUT2D eigenvalue weighted by Crippen LogP contribution is 2.34. The number of fused-ring (bicyclic) bond motifs is 1. The zero-order chi connectivity index (χ0) is 30.5. The maximum absolute atomic E-state index is 13.7. The molecular weight excluding hydrogens is 540 g/mol. The third-order valence-electron chi connectivity index (χ3n) is 7.16. The molecule has 8 nitrogen and oxygen atoms in total. The van der Waals surface area contributed by atoms with Gasteiger partial charge in [0.2, 0.25) is 0 Å². The highest BCUT2D eigenvalue weighted by molar-refractivity contribution is 5.92. The molecule has 4 aromatic carbocycles. The lowest BCUT2D eigenvalue weighted by Gasteiger charge is -2.17. The number of ether oxygens (including phenoxy) is 2. The average Bonchev–Trinajstić information content (AvgIpc) is 3.00. The highest BCUT2D eigenvalue weighted by Gasteiger charge is 2.18. The van der Waals surface area contributed by atoms with Gasteiger partial charge in [0.1, 0.15) is 11.5 Å². The molecule has 43 heavy (non-hydrogen) atoms. The number of methoxy groups -OCH3 is 1. The first-order valence-corrected chi connectivity index (χ1v) is 14.1. The average molecular weight is 575 g/mol. The van der Waals surface area contributed by atoms with Crippen LogP contribution in [0.4, 0.5) is 5.69 Å². The van der Waals surface area contributed by atoms with E-state index in [9.17, 15) is 9.59 Å². The lowest BCUT2D eigenvalue weighted by Crippen LogP contribution is -2.21. The molecular formula is C35H34N4O4. The van der Waals surface area contributed by atoms with Crippen LogP contribution in [0.3, 0.4) is 0 Å². The predicted molar refractivity (Wildman–Crippen MR) is 172 cm³/mol. The van der Waals surface area contributed by atoms with Gasteiger partial charge in [0.15, 0.2) is 12.4 Å². The lowest BCUT2D eigenvalue weighted by atomic mass is 9.96. The molecule has 1 amide bonds. The van der Waals surface area contributed by atoms with Crippen molar-refractivity contribution in [2.45, 2.75) is 33.6 Å². The van der Waals surface area contributed by atoms with E-state index >= 15 is 0 Å². The van der Waals surface area contributed by atoms with E-state index in [2.05, 4.69) is 24.3 Å². The van der Waals surface area contributed by atoms with Crippen LogP contribution < -0.4 is 20.3 Å². The number of amides is 1. The smallest absolute Gasteiger partial charge is 0.282 e. The fourth-order valence-corrected chi connectivity index (χ4v) is 4.83. The molecule has 5 aromatic rings. The number of rotatable bonds is 9. The van der Waals surface area contributed by atoms with Gasteiger partial charge in [-0.3, -0.25) is 9.59 Å². The molecule has 0 aliphatic rings. The van der Waals surface area contributed by atoms with Gasteiger partial charge in [0, 0.05) is 11.3 Å². The van der Waals surface area contributed by atoms with Gasteiger partial charge < -0.3 is 14.8 Å². The van der Waals surface area contributed by atoms with Crippen LogP contribution in [-0.2, 0) is 4.79 Å². The predicted octanol–water partition coefficient (Wildman–Crippen LogP) is 6.71. The molecule has 0 fully saturated rings. The Hall–Kier alpha value is -5.24. The number of carbonyl (C=O) groups is 1. The zero-order valence-corrected chi connectivity index (χ0v) is 24.9. The van der Waals surface area contributed by atoms with Gasteiger partial charge in [0.25, 0.3) is 11.5 Å². The molecule has 1 heterocycles. The molecule has 0 aliphatic carbocycles. The summed E-state index contributed by atoms with van der Waals surface area (Å²) in [4.78, 5) is 31.1. The van der Waals surface area contributed by atoms with Crippen LogP contribution in [0.5, 0.6) is 11.5 Å². The van der Waals surface area contributed by atoms with Crippen molar-refractivity contribution >= 4 is 28.7 Å². The minimum absolute atomic E-state index is 0.151. The summed E-state index contributed by atoms with van der Waals surface area (Å²) in [6.45, 7) is 7.94. The Morgan fingerprint density at radius 3 is 2.51 bits per heavy atom. The molecule has 0 aliphatic heterocycles. The van der Waals surface area contributed by atoms with Crippen molar-refractivity contribution in [3.8, 4) is 22.9 Å². The van der Waals surface area contributed by atoms with E-state index in [-0.39, 0.29) is 24.0 Å². The van der Waals surface area contributed by atoms with E-state index in [1.807, 2.05) is 74.5 Å². The van der Waals surface area contributed by atoms with Gasteiger partial charge in [-0.25, -0.2) is 4.98 Å². The van der Waals surface area contributed by atoms with E-state index in [4.69, 9.17) is 14.5 Å². The van der Waals surface area contributed by atoms with Crippen LogP contribution in [-0.4, -0.2) is 35.5 Å². The minimum Gasteiger partial charge on any atom is -0.496 e. The molecule has 218 valence electrons. The Morgan fingerprint density at radius 2 is 1.74 bits per heavy atom. The van der Waals surface area contributed by atoms with Crippen LogP contribution in [0.1, 0.15) is 42.0 Å². The normalized spacial score (nSPS) is 11.3. The number of carbonyl (C=O) groups excluding carboxylic acids is 1. The van der Waals surface area contributed by atoms with Crippen molar-refractivity contribution < 1.29 is 14.3 Å². The third kappa shape index (κ3) is 6.48. The summed E-state index contributed by atoms with van der Waals surface area (Å²) in [5, 5.41) is 7.94. The minimum atomic E-state index is -0.279. The quantitative estimate of drug-likeness (QED) is 0.197. The summed E-state index contributed by atoms with van der Waals surface area (Å²) in [6.07, 6.45) is 1.59. The van der Waals surface area contributed by atoms with E-state index in [0.717, 1.165) is 33.7 Å². The fraction of sp³-hybridized carbons (Fsp3) is 0.200. The first-order chi connectivity index (χ1) is 20.7. The Balaban J connectivity index is 1.47. The van der Waals surface area contributed by atoms with E-state index in [1.54, 1.807) is 37.6 Å². The summed E-state index contributed by atoms with van der Waals surface area (Å²) in [5.41, 5.74) is 5.43. The standard InChI is InChI=1S/C35H34N4O4/c1-22(2)28-19-29(24(4)17-32(28)42-5)34-38-31-16-9-7-14-27(31)35(41)39(34)36-20-25-12-10-13-26(18-25)43-21-33(40)37-30-15-8-6-11-23(30)3/h6-20,22H,21H2,1-5H3,(H,37,40). The zero-order valence-electron chi connectivity index (χ0n) is 24.9. The second-order valence-electron chi connectivity index (χ2n) is 10.6. The second-order valence-corrected chi connectivity index (χ2v) is 10.6. The van der Waals surface area contributed by atoms with Gasteiger partial charge in [-0.05, 0) is 84.5 Å². The molecule has 0 saturated heterocycles. The molecule has 5 rings (SSSR count). The molecule has 1 N–H and O–H groups in total. The lowest BCUT2D eigenvalue weighted by molar-refractivity contribution is -0.118. The summed E-state index contributed by atoms with van der Waals surface area (Å²) in [6, 6.07) is 26.0. The Morgan fingerprint density at radius 1 is 0.977 bits per heavy atom. The van der Waals surface area contributed by atoms with Crippen molar-refractivity contribution in [3.05, 3.63) is 118 Å². The van der Waals surface area contributed by atoms with E-state index in [1.165, 1.54) is 4.68 Å². The molecule has 0 saturated carbocycles. The maximum Gasteiger partial charge on any atom is 0.282 e. The first-order valence-electron chi connectivity index (χ1n) is 14.1. The molecule has 0 atom stereocenters. The van der Waals surface area contributed by atoms with Crippen molar-refractivity contribution in [1.29, 1.82) is 0 Å². The largest absolute Gasteiger partial charge is 0.496 e. The van der Waals surface area contributed by atoms with Crippen LogP contribution in [0.2, 0.25) is 0 Å². The number of aromatic nitrogens is 2. The van der Waals surface area contributed by atoms with Crippen molar-refractivity contribution in [3.63, 3.8) is 0 Å². The number of anilines is 1. The Kier molecular flexibility index (Phi) is 8.66. The van der Waals surface area contributed by atoms with E-state index in [0.29, 0.717) is 28.0 Å². The SMILES string of the molecule is COc1cc(C)c(-c2nc3ccccc3c(=O)n2N=Cc2cccc(OCC(=O)Nc3ccccc3C)c2)cc1C(C)C. The number of hydrogen-bond donors (Lipinski definition) is 1. The van der Waals surface area contributed by atoms with Gasteiger partial charge in [-0.15, -0.1) is 0 Å². The molecule has 0 bridgehead atoms. The Labute approximate surface area is 250 Å². The number of nitrogens with zero attached hydrogens (tertiary/aromatic N) is 3. The monoisotopic (exact) mass is 574 g/mol. The summed E-state index contributed by atoms with van der Waals surface area (Å²) < 4.78 is 12.7. The number of hydrogen-bond acceptors (Lipinski definition) is 6. The molecule has 0 spiro atoms. The topological polar surface area (TPSA) is 94.8 Å². The fourth-order valence-electron chi connectivity index (χ4n) is 4.83. The summed E-state index contributed by atoms with van der Waals surface area (Å²) in [7, 11) is 1.66. The van der Waals surface area contributed by atoms with Crippen molar-refractivity contribution in [2.24, 2.45) is 5.10 Å². The van der Waals surface area contributed by atoms with Gasteiger partial charge >= 0.3 is 0 Å². The number of aryl methyl sites for hydroxylation is 2. The van der Waals surface area contributed by atoms with Crippen LogP contribution in [0, 0.1) is 13.8 Å².